The number of carbonyl (C=O) groups excluding carboxylic acids is 3. The molecule has 3 rings (SSSR count). The highest BCUT2D eigenvalue weighted by Gasteiger charge is 2.13. The van der Waals surface area contributed by atoms with Crippen molar-refractivity contribution in [3.8, 4) is 23.0 Å². The van der Waals surface area contributed by atoms with Crippen LogP contribution in [0.4, 0.5) is 0 Å². The summed E-state index contributed by atoms with van der Waals surface area (Å²) in [6.45, 7) is 6.74. The first-order valence-corrected chi connectivity index (χ1v) is 18.4. The van der Waals surface area contributed by atoms with E-state index in [0.29, 0.717) is 48.0 Å². The Morgan fingerprint density at radius 1 is 0.588 bits per heavy atom. The number of unbranched alkanes of at least 4 members (excludes halogenated alkanes) is 11. The highest BCUT2D eigenvalue weighted by Crippen LogP contribution is 2.21. The maximum absolute atomic E-state index is 12.7. The van der Waals surface area contributed by atoms with Gasteiger partial charge >= 0.3 is 17.9 Å². The van der Waals surface area contributed by atoms with Gasteiger partial charge in [0.25, 0.3) is 0 Å². The predicted octanol–water partition coefficient (Wildman–Crippen LogP) is 9.45. The molecule has 1 N–H and O–H groups in total. The Morgan fingerprint density at radius 2 is 0.980 bits per heavy atom. The molecular weight excluding hydrogens is 648 g/mol. The second-order valence-corrected chi connectivity index (χ2v) is 12.5. The monoisotopic (exact) mass is 702 g/mol. The Bertz CT molecular complexity index is 1430. The number of carbonyl (C=O) groups is 3. The van der Waals surface area contributed by atoms with Crippen molar-refractivity contribution in [2.75, 3.05) is 19.8 Å². The normalized spacial score (nSPS) is 11.3. The number of aliphatic hydroxyl groups excluding tert-OH is 1. The SMILES string of the molecule is C=CC(=O)OCC(O)CCCCCCOc1ccc(OC(=O)c2ccc(OC(=O)c3ccc(OCCCCCCCCCCC)cc3)cc2)cc1. The van der Waals surface area contributed by atoms with Gasteiger partial charge < -0.3 is 28.8 Å². The van der Waals surface area contributed by atoms with Crippen LogP contribution < -0.4 is 18.9 Å². The number of benzene rings is 3. The molecular formula is C42H54O9. The van der Waals surface area contributed by atoms with Crippen LogP contribution >= 0.6 is 0 Å². The van der Waals surface area contributed by atoms with Crippen LogP contribution in [-0.2, 0) is 9.53 Å². The van der Waals surface area contributed by atoms with Crippen LogP contribution in [0.25, 0.3) is 0 Å². The molecule has 3 aromatic rings. The van der Waals surface area contributed by atoms with E-state index in [1.165, 1.54) is 44.9 Å². The van der Waals surface area contributed by atoms with Crippen molar-refractivity contribution < 1.29 is 43.2 Å². The van der Waals surface area contributed by atoms with E-state index in [-0.39, 0.29) is 6.61 Å². The third-order valence-corrected chi connectivity index (χ3v) is 8.23. The highest BCUT2D eigenvalue weighted by atomic mass is 16.5. The summed E-state index contributed by atoms with van der Waals surface area (Å²) in [6, 6.07) is 19.9. The van der Waals surface area contributed by atoms with E-state index in [1.54, 1.807) is 72.8 Å². The molecule has 0 bridgehead atoms. The fraction of sp³-hybridized carbons (Fsp3) is 0.452. The summed E-state index contributed by atoms with van der Waals surface area (Å²) in [5.41, 5.74) is 0.716. The molecule has 0 saturated heterocycles. The van der Waals surface area contributed by atoms with E-state index in [0.717, 1.165) is 50.4 Å². The molecule has 0 radical (unpaired) electrons. The molecule has 0 aliphatic carbocycles. The molecule has 9 nitrogen and oxygen atoms in total. The molecule has 0 saturated carbocycles. The van der Waals surface area contributed by atoms with Gasteiger partial charge in [0.2, 0.25) is 0 Å². The van der Waals surface area contributed by atoms with Crippen LogP contribution in [-0.4, -0.2) is 48.9 Å². The topological polar surface area (TPSA) is 118 Å². The molecule has 3 aromatic carbocycles. The lowest BCUT2D eigenvalue weighted by atomic mass is 10.1. The van der Waals surface area contributed by atoms with Gasteiger partial charge in [-0.25, -0.2) is 14.4 Å². The lowest BCUT2D eigenvalue weighted by Gasteiger charge is -2.10. The van der Waals surface area contributed by atoms with Crippen molar-refractivity contribution in [1.29, 1.82) is 0 Å². The summed E-state index contributed by atoms with van der Waals surface area (Å²) in [4.78, 5) is 36.4. The molecule has 276 valence electrons. The Hall–Kier alpha value is -4.63. The van der Waals surface area contributed by atoms with Gasteiger partial charge in [-0.1, -0.05) is 84.1 Å². The van der Waals surface area contributed by atoms with E-state index in [1.807, 2.05) is 0 Å². The molecule has 0 aliphatic rings. The Labute approximate surface area is 302 Å². The molecule has 0 fully saturated rings. The number of hydrogen-bond acceptors (Lipinski definition) is 9. The first-order chi connectivity index (χ1) is 24.9. The fourth-order valence-corrected chi connectivity index (χ4v) is 5.23. The van der Waals surface area contributed by atoms with E-state index < -0.39 is 24.0 Å². The molecule has 0 spiro atoms. The van der Waals surface area contributed by atoms with Crippen molar-refractivity contribution in [1.82, 2.24) is 0 Å². The summed E-state index contributed by atoms with van der Waals surface area (Å²) >= 11 is 0. The molecule has 0 amide bonds. The van der Waals surface area contributed by atoms with Crippen LogP contribution in [0.3, 0.4) is 0 Å². The Morgan fingerprint density at radius 3 is 1.45 bits per heavy atom. The smallest absolute Gasteiger partial charge is 0.343 e. The van der Waals surface area contributed by atoms with E-state index in [4.69, 9.17) is 23.7 Å². The van der Waals surface area contributed by atoms with Crippen LogP contribution in [0, 0.1) is 0 Å². The molecule has 0 heterocycles. The van der Waals surface area contributed by atoms with Gasteiger partial charge in [0.05, 0.1) is 30.4 Å². The summed E-state index contributed by atoms with van der Waals surface area (Å²) in [7, 11) is 0. The highest BCUT2D eigenvalue weighted by molar-refractivity contribution is 5.92. The van der Waals surface area contributed by atoms with Crippen molar-refractivity contribution in [2.45, 2.75) is 103 Å². The van der Waals surface area contributed by atoms with Crippen molar-refractivity contribution in [3.05, 3.63) is 96.6 Å². The number of hydrogen-bond donors (Lipinski definition) is 1. The lowest BCUT2D eigenvalue weighted by Crippen LogP contribution is -2.17. The fourth-order valence-electron chi connectivity index (χ4n) is 5.23. The largest absolute Gasteiger partial charge is 0.494 e. The van der Waals surface area contributed by atoms with Crippen LogP contribution in [0.2, 0.25) is 0 Å². The quantitative estimate of drug-likeness (QED) is 0.0378. The minimum absolute atomic E-state index is 0.0188. The standard InChI is InChI=1S/C42H54O9/c1-3-5-6-7-8-9-10-12-15-30-47-36-22-18-33(19-23-36)41(45)50-38-24-20-34(21-25-38)42(46)51-39-28-26-37(27-29-39)48-31-16-13-11-14-17-35(43)32-49-40(44)4-2/h4,18-29,35,43H,2-3,5-17,30-32H2,1H3. The molecule has 51 heavy (non-hydrogen) atoms. The minimum atomic E-state index is -0.670. The van der Waals surface area contributed by atoms with Gasteiger partial charge in [-0.15, -0.1) is 0 Å². The van der Waals surface area contributed by atoms with Crippen LogP contribution in [0.15, 0.2) is 85.5 Å². The van der Waals surface area contributed by atoms with Gasteiger partial charge in [-0.2, -0.15) is 0 Å². The van der Waals surface area contributed by atoms with Crippen molar-refractivity contribution >= 4 is 17.9 Å². The third-order valence-electron chi connectivity index (χ3n) is 8.23. The Balaban J connectivity index is 1.28. The first-order valence-electron chi connectivity index (χ1n) is 18.4. The molecule has 9 heteroatoms. The maximum atomic E-state index is 12.7. The number of aliphatic hydroxyl groups is 1. The maximum Gasteiger partial charge on any atom is 0.343 e. The zero-order chi connectivity index (χ0) is 36.5. The first kappa shape index (κ1) is 40.8. The van der Waals surface area contributed by atoms with Gasteiger partial charge in [-0.05, 0) is 92.1 Å². The van der Waals surface area contributed by atoms with E-state index >= 15 is 0 Å². The number of ether oxygens (including phenoxy) is 5. The number of rotatable bonds is 26. The molecule has 1 atom stereocenters. The lowest BCUT2D eigenvalue weighted by molar-refractivity contribution is -0.140. The summed E-state index contributed by atoms with van der Waals surface area (Å²) < 4.78 is 27.4. The van der Waals surface area contributed by atoms with Crippen LogP contribution in [0.1, 0.15) is 118 Å². The van der Waals surface area contributed by atoms with Gasteiger partial charge in [0.15, 0.2) is 0 Å². The second-order valence-electron chi connectivity index (χ2n) is 12.5. The summed E-state index contributed by atoms with van der Waals surface area (Å²) in [5.74, 6) is 0.500. The van der Waals surface area contributed by atoms with Crippen molar-refractivity contribution in [2.24, 2.45) is 0 Å². The van der Waals surface area contributed by atoms with Gasteiger partial charge in [0, 0.05) is 6.08 Å². The average molecular weight is 703 g/mol. The minimum Gasteiger partial charge on any atom is -0.494 e. The summed E-state index contributed by atoms with van der Waals surface area (Å²) in [6.07, 6.45) is 15.9. The summed E-state index contributed by atoms with van der Waals surface area (Å²) in [5, 5.41) is 9.83. The zero-order valence-corrected chi connectivity index (χ0v) is 30.0. The number of esters is 3. The van der Waals surface area contributed by atoms with Crippen molar-refractivity contribution in [3.63, 3.8) is 0 Å². The predicted molar refractivity (Wildman–Crippen MR) is 198 cm³/mol. The van der Waals surface area contributed by atoms with Crippen LogP contribution in [0.5, 0.6) is 23.0 Å². The second kappa shape index (κ2) is 24.5. The molecule has 0 aliphatic heterocycles. The van der Waals surface area contributed by atoms with Gasteiger partial charge in [-0.3, -0.25) is 0 Å². The zero-order valence-electron chi connectivity index (χ0n) is 30.0. The molecule has 0 aromatic heterocycles. The Kier molecular flexibility index (Phi) is 19.6. The van der Waals surface area contributed by atoms with E-state index in [9.17, 15) is 19.5 Å². The molecule has 1 unspecified atom stereocenters. The average Bonchev–Trinajstić information content (AvgIpc) is 3.15. The van der Waals surface area contributed by atoms with Gasteiger partial charge in [0.1, 0.15) is 29.6 Å². The third kappa shape index (κ3) is 17.2. The van der Waals surface area contributed by atoms with E-state index in [2.05, 4.69) is 13.5 Å².